The molecule has 0 fully saturated rings. The molecule has 1 heterocycles. The van der Waals surface area contributed by atoms with Gasteiger partial charge in [0, 0.05) is 12.7 Å². The Morgan fingerprint density at radius 1 is 1.28 bits per heavy atom. The Morgan fingerprint density at radius 3 is 2.67 bits per heavy atom. The molecular formula is C14H15NO3. The predicted octanol–water partition coefficient (Wildman–Crippen LogP) is 2.42. The lowest BCUT2D eigenvalue weighted by Crippen LogP contribution is -2.12. The maximum atomic E-state index is 11.7. The van der Waals surface area contributed by atoms with Crippen LogP contribution in [0.3, 0.4) is 0 Å². The number of carbonyl (C=O) groups excluding carboxylic acids is 1. The normalized spacial score (nSPS) is 10.3. The smallest absolute Gasteiger partial charge is 0.354 e. The van der Waals surface area contributed by atoms with Crippen molar-refractivity contribution in [2.75, 3.05) is 6.61 Å². The van der Waals surface area contributed by atoms with E-state index < -0.39 is 0 Å². The van der Waals surface area contributed by atoms with Gasteiger partial charge in [0.2, 0.25) is 0 Å². The lowest BCUT2D eigenvalue weighted by molar-refractivity contribution is 0.0514. The second-order valence-electron chi connectivity index (χ2n) is 3.91. The number of esters is 1. The number of aromatic hydroxyl groups is 1. The predicted molar refractivity (Wildman–Crippen MR) is 67.6 cm³/mol. The van der Waals surface area contributed by atoms with E-state index in [0.717, 1.165) is 5.56 Å². The number of nitrogens with zero attached hydrogens (tertiary/aromatic N) is 1. The maximum Gasteiger partial charge on any atom is 0.354 e. The number of aromatic nitrogens is 1. The third-order valence-corrected chi connectivity index (χ3v) is 2.60. The minimum Gasteiger partial charge on any atom is -0.508 e. The number of carbonyl (C=O) groups is 1. The molecule has 0 aliphatic heterocycles. The first kappa shape index (κ1) is 12.2. The highest BCUT2D eigenvalue weighted by atomic mass is 16.5. The van der Waals surface area contributed by atoms with E-state index in [1.54, 1.807) is 25.1 Å². The lowest BCUT2D eigenvalue weighted by Gasteiger charge is -2.08. The van der Waals surface area contributed by atoms with E-state index in [-0.39, 0.29) is 11.7 Å². The molecule has 18 heavy (non-hydrogen) atoms. The van der Waals surface area contributed by atoms with Crippen LogP contribution >= 0.6 is 0 Å². The fourth-order valence-corrected chi connectivity index (χ4v) is 1.74. The summed E-state index contributed by atoms with van der Waals surface area (Å²) in [4.78, 5) is 11.7. The van der Waals surface area contributed by atoms with Crippen molar-refractivity contribution in [2.24, 2.45) is 0 Å². The van der Waals surface area contributed by atoms with E-state index in [2.05, 4.69) is 0 Å². The maximum absolute atomic E-state index is 11.7. The van der Waals surface area contributed by atoms with Gasteiger partial charge in [0.05, 0.1) is 6.61 Å². The quantitative estimate of drug-likeness (QED) is 0.841. The van der Waals surface area contributed by atoms with Crippen LogP contribution in [0, 0.1) is 0 Å². The van der Waals surface area contributed by atoms with Crippen LogP contribution in [0.15, 0.2) is 42.6 Å². The van der Waals surface area contributed by atoms with Crippen LogP contribution in [0.1, 0.15) is 23.0 Å². The number of ether oxygens (including phenoxy) is 1. The van der Waals surface area contributed by atoms with Crippen LogP contribution in [0.25, 0.3) is 0 Å². The molecule has 94 valence electrons. The topological polar surface area (TPSA) is 51.5 Å². The van der Waals surface area contributed by atoms with Crippen molar-refractivity contribution in [1.82, 2.24) is 4.57 Å². The minimum absolute atomic E-state index is 0.233. The molecule has 1 aromatic carbocycles. The zero-order valence-corrected chi connectivity index (χ0v) is 10.2. The van der Waals surface area contributed by atoms with Gasteiger partial charge in [0.1, 0.15) is 11.4 Å². The molecule has 0 amide bonds. The number of hydrogen-bond acceptors (Lipinski definition) is 3. The third-order valence-electron chi connectivity index (χ3n) is 2.60. The highest BCUT2D eigenvalue weighted by molar-refractivity contribution is 5.87. The summed E-state index contributed by atoms with van der Waals surface area (Å²) in [5.41, 5.74) is 1.54. The minimum atomic E-state index is -0.318. The fourth-order valence-electron chi connectivity index (χ4n) is 1.74. The summed E-state index contributed by atoms with van der Waals surface area (Å²) in [6.45, 7) is 2.72. The van der Waals surface area contributed by atoms with Crippen LogP contribution < -0.4 is 0 Å². The van der Waals surface area contributed by atoms with Gasteiger partial charge in [-0.05, 0) is 36.8 Å². The SMILES string of the molecule is CCOC(=O)c1cccn1Cc1ccc(O)cc1. The largest absolute Gasteiger partial charge is 0.508 e. The average molecular weight is 245 g/mol. The van der Waals surface area contributed by atoms with E-state index in [1.165, 1.54) is 0 Å². The van der Waals surface area contributed by atoms with E-state index in [4.69, 9.17) is 4.74 Å². The Balaban J connectivity index is 2.17. The molecule has 0 radical (unpaired) electrons. The van der Waals surface area contributed by atoms with Gasteiger partial charge in [-0.2, -0.15) is 0 Å². The summed E-state index contributed by atoms with van der Waals surface area (Å²) in [6.07, 6.45) is 1.83. The van der Waals surface area contributed by atoms with Crippen LogP contribution in [-0.4, -0.2) is 22.2 Å². The zero-order chi connectivity index (χ0) is 13.0. The number of phenols is 1. The van der Waals surface area contributed by atoms with Crippen molar-refractivity contribution in [3.05, 3.63) is 53.9 Å². The first-order valence-corrected chi connectivity index (χ1v) is 5.81. The van der Waals surface area contributed by atoms with E-state index in [1.807, 2.05) is 29.0 Å². The molecule has 0 aliphatic carbocycles. The van der Waals surface area contributed by atoms with Crippen molar-refractivity contribution >= 4 is 5.97 Å². The number of hydrogen-bond donors (Lipinski definition) is 1. The monoisotopic (exact) mass is 245 g/mol. The van der Waals surface area contributed by atoms with E-state index in [0.29, 0.717) is 18.8 Å². The van der Waals surface area contributed by atoms with E-state index in [9.17, 15) is 9.90 Å². The first-order valence-electron chi connectivity index (χ1n) is 5.81. The van der Waals surface area contributed by atoms with Gasteiger partial charge in [-0.25, -0.2) is 4.79 Å². The van der Waals surface area contributed by atoms with Gasteiger partial charge in [0.15, 0.2) is 0 Å². The molecule has 0 saturated heterocycles. The molecule has 0 spiro atoms. The molecule has 4 heteroatoms. The van der Waals surface area contributed by atoms with Crippen LogP contribution in [0.2, 0.25) is 0 Å². The molecule has 0 atom stereocenters. The number of benzene rings is 1. The molecular weight excluding hydrogens is 230 g/mol. The van der Waals surface area contributed by atoms with Crippen LogP contribution in [0.4, 0.5) is 0 Å². The highest BCUT2D eigenvalue weighted by Gasteiger charge is 2.11. The van der Waals surface area contributed by atoms with Gasteiger partial charge in [-0.15, -0.1) is 0 Å². The Kier molecular flexibility index (Phi) is 3.67. The van der Waals surface area contributed by atoms with Crippen molar-refractivity contribution < 1.29 is 14.6 Å². The molecule has 0 bridgehead atoms. The molecule has 0 saturated carbocycles. The Labute approximate surface area is 105 Å². The second-order valence-corrected chi connectivity index (χ2v) is 3.91. The summed E-state index contributed by atoms with van der Waals surface area (Å²) in [7, 11) is 0. The fraction of sp³-hybridized carbons (Fsp3) is 0.214. The molecule has 2 aromatic rings. The number of rotatable bonds is 4. The van der Waals surface area contributed by atoms with Gasteiger partial charge in [-0.3, -0.25) is 0 Å². The van der Waals surface area contributed by atoms with E-state index >= 15 is 0 Å². The lowest BCUT2D eigenvalue weighted by atomic mass is 10.2. The standard InChI is InChI=1S/C14H15NO3/c1-2-18-14(17)13-4-3-9-15(13)10-11-5-7-12(16)8-6-11/h3-9,16H,2,10H2,1H3. The summed E-state index contributed by atoms with van der Waals surface area (Å²) in [5, 5.41) is 9.21. The van der Waals surface area contributed by atoms with Gasteiger partial charge in [-0.1, -0.05) is 12.1 Å². The van der Waals surface area contributed by atoms with Crippen molar-refractivity contribution in [3.8, 4) is 5.75 Å². The second kappa shape index (κ2) is 5.40. The summed E-state index contributed by atoms with van der Waals surface area (Å²) in [6, 6.07) is 10.4. The van der Waals surface area contributed by atoms with Gasteiger partial charge >= 0.3 is 5.97 Å². The summed E-state index contributed by atoms with van der Waals surface area (Å²) < 4.78 is 6.81. The van der Waals surface area contributed by atoms with Crippen LogP contribution in [0.5, 0.6) is 5.75 Å². The molecule has 0 aliphatic rings. The molecule has 4 nitrogen and oxygen atoms in total. The molecule has 0 unspecified atom stereocenters. The van der Waals surface area contributed by atoms with Gasteiger partial charge < -0.3 is 14.4 Å². The Bertz CT molecular complexity index is 528. The van der Waals surface area contributed by atoms with Gasteiger partial charge in [0.25, 0.3) is 0 Å². The van der Waals surface area contributed by atoms with Crippen molar-refractivity contribution in [3.63, 3.8) is 0 Å². The van der Waals surface area contributed by atoms with Crippen LogP contribution in [-0.2, 0) is 11.3 Å². The summed E-state index contributed by atoms with van der Waals surface area (Å²) in [5.74, 6) is -0.0850. The molecule has 2 rings (SSSR count). The zero-order valence-electron chi connectivity index (χ0n) is 10.2. The third kappa shape index (κ3) is 2.71. The Morgan fingerprint density at radius 2 is 2.00 bits per heavy atom. The molecule has 1 aromatic heterocycles. The van der Waals surface area contributed by atoms with Crippen molar-refractivity contribution in [1.29, 1.82) is 0 Å². The molecule has 1 N–H and O–H groups in total. The average Bonchev–Trinajstić information content (AvgIpc) is 2.81. The first-order chi connectivity index (χ1) is 8.70. The highest BCUT2D eigenvalue weighted by Crippen LogP contribution is 2.13. The number of phenolic OH excluding ortho intramolecular Hbond substituents is 1. The Hall–Kier alpha value is -2.23. The summed E-state index contributed by atoms with van der Waals surface area (Å²) >= 11 is 0. The van der Waals surface area contributed by atoms with Crippen molar-refractivity contribution in [2.45, 2.75) is 13.5 Å².